The number of nitrogens with one attached hydrogen (secondary N) is 2. The van der Waals surface area contributed by atoms with Gasteiger partial charge < -0.3 is 15.2 Å². The zero-order valence-corrected chi connectivity index (χ0v) is 23.2. The average molecular weight is 576 g/mol. The second-order valence-corrected chi connectivity index (χ2v) is 11.3. The molecule has 2 heterocycles. The van der Waals surface area contributed by atoms with Crippen LogP contribution in [0.15, 0.2) is 36.0 Å². The standard InChI is InChI=1S/C25H24Cl2N6O2S2/c1-3-10-33-22(14(2)29-23(35)17-9-8-15(26)11-19(17)27)31-32-25(33)36-13-21(34)30-24-18(12-28)16-6-4-5-7-20(16)37-24/h3,8-9,11,14H,1,4-7,10,13H2,2H3,(H,29,35)(H,30,34). The minimum Gasteiger partial charge on any atom is -0.342 e. The van der Waals surface area contributed by atoms with Gasteiger partial charge in [-0.05, 0) is 56.4 Å². The molecule has 3 aromatic rings. The number of halogens is 2. The van der Waals surface area contributed by atoms with Gasteiger partial charge in [-0.1, -0.05) is 41.0 Å². The van der Waals surface area contributed by atoms with E-state index in [9.17, 15) is 14.9 Å². The number of benzene rings is 1. The Balaban J connectivity index is 1.43. The number of allylic oxidation sites excluding steroid dienone is 1. The number of thioether (sulfide) groups is 1. The van der Waals surface area contributed by atoms with E-state index in [0.29, 0.717) is 38.7 Å². The molecule has 2 aromatic heterocycles. The van der Waals surface area contributed by atoms with Gasteiger partial charge in [0.05, 0.1) is 27.9 Å². The quantitative estimate of drug-likeness (QED) is 0.246. The first-order valence-corrected chi connectivity index (χ1v) is 14.1. The molecule has 37 heavy (non-hydrogen) atoms. The fourth-order valence-electron chi connectivity index (χ4n) is 4.11. The Labute approximate surface area is 233 Å². The van der Waals surface area contributed by atoms with E-state index in [1.54, 1.807) is 29.7 Å². The van der Waals surface area contributed by atoms with Crippen molar-refractivity contribution in [3.8, 4) is 6.07 Å². The number of rotatable bonds is 9. The first-order valence-electron chi connectivity index (χ1n) is 11.6. The molecule has 8 nitrogen and oxygen atoms in total. The molecule has 0 saturated carbocycles. The van der Waals surface area contributed by atoms with Crippen molar-refractivity contribution >= 4 is 63.1 Å². The van der Waals surface area contributed by atoms with E-state index in [1.807, 2.05) is 0 Å². The summed E-state index contributed by atoms with van der Waals surface area (Å²) in [5, 5.41) is 25.7. The summed E-state index contributed by atoms with van der Waals surface area (Å²) in [4.78, 5) is 26.7. The fraction of sp³-hybridized carbons (Fsp3) is 0.320. The fourth-order valence-corrected chi connectivity index (χ4v) is 6.61. The average Bonchev–Trinajstić information content (AvgIpc) is 3.43. The molecule has 1 atom stereocenters. The molecule has 1 aliphatic rings. The first kappa shape index (κ1) is 27.2. The number of nitrogens with zero attached hydrogens (tertiary/aromatic N) is 4. The van der Waals surface area contributed by atoms with E-state index in [1.165, 1.54) is 34.0 Å². The van der Waals surface area contributed by atoms with Crippen LogP contribution in [0.5, 0.6) is 0 Å². The summed E-state index contributed by atoms with van der Waals surface area (Å²) < 4.78 is 1.80. The maximum Gasteiger partial charge on any atom is 0.253 e. The molecule has 0 aliphatic heterocycles. The summed E-state index contributed by atoms with van der Waals surface area (Å²) in [7, 11) is 0. The smallest absolute Gasteiger partial charge is 0.253 e. The second-order valence-electron chi connectivity index (χ2n) is 8.42. The number of carbonyl (C=O) groups excluding carboxylic acids is 2. The lowest BCUT2D eigenvalue weighted by atomic mass is 9.96. The Bertz CT molecular complexity index is 1390. The molecule has 1 aromatic carbocycles. The zero-order valence-electron chi connectivity index (χ0n) is 20.0. The maximum atomic E-state index is 12.8. The summed E-state index contributed by atoms with van der Waals surface area (Å²) >= 11 is 14.8. The Hall–Kier alpha value is -2.84. The highest BCUT2D eigenvalue weighted by Crippen LogP contribution is 2.37. The third kappa shape index (κ3) is 6.18. The predicted molar refractivity (Wildman–Crippen MR) is 148 cm³/mol. The molecule has 4 rings (SSSR count). The van der Waals surface area contributed by atoms with Gasteiger partial charge in [0.2, 0.25) is 5.91 Å². The molecule has 0 saturated heterocycles. The minimum absolute atomic E-state index is 0.0871. The summed E-state index contributed by atoms with van der Waals surface area (Å²) in [6.07, 6.45) is 5.69. The summed E-state index contributed by atoms with van der Waals surface area (Å²) in [6.45, 7) is 5.98. The van der Waals surface area contributed by atoms with Crippen molar-refractivity contribution in [1.29, 1.82) is 5.26 Å². The van der Waals surface area contributed by atoms with Crippen molar-refractivity contribution in [3.05, 3.63) is 68.3 Å². The number of carbonyl (C=O) groups is 2. The van der Waals surface area contributed by atoms with Crippen molar-refractivity contribution in [3.63, 3.8) is 0 Å². The Kier molecular flexibility index (Phi) is 8.92. The van der Waals surface area contributed by atoms with Crippen LogP contribution in [0.25, 0.3) is 0 Å². The Morgan fingerprint density at radius 1 is 1.32 bits per heavy atom. The van der Waals surface area contributed by atoms with Crippen LogP contribution >= 0.6 is 46.3 Å². The lowest BCUT2D eigenvalue weighted by molar-refractivity contribution is -0.113. The van der Waals surface area contributed by atoms with Crippen LogP contribution in [0.1, 0.15) is 58.0 Å². The molecule has 12 heteroatoms. The van der Waals surface area contributed by atoms with Crippen molar-refractivity contribution in [2.75, 3.05) is 11.1 Å². The number of fused-ring (bicyclic) bond motifs is 1. The SMILES string of the molecule is C=CCn1c(SCC(=O)Nc2sc3c(c2C#N)CCCC3)nnc1C(C)NC(=O)c1ccc(Cl)cc1Cl. The lowest BCUT2D eigenvalue weighted by Crippen LogP contribution is -2.29. The normalized spacial score (nSPS) is 13.4. The summed E-state index contributed by atoms with van der Waals surface area (Å²) in [5.41, 5.74) is 1.96. The van der Waals surface area contributed by atoms with Crippen LogP contribution in [0, 0.1) is 11.3 Å². The van der Waals surface area contributed by atoms with E-state index >= 15 is 0 Å². The summed E-state index contributed by atoms with van der Waals surface area (Å²) in [6, 6.07) is 6.43. The van der Waals surface area contributed by atoms with E-state index in [-0.39, 0.29) is 22.6 Å². The summed E-state index contributed by atoms with van der Waals surface area (Å²) in [5.74, 6) is -0.000532. The van der Waals surface area contributed by atoms with Gasteiger partial charge in [0.25, 0.3) is 5.91 Å². The number of hydrogen-bond acceptors (Lipinski definition) is 7. The number of anilines is 1. The second kappa shape index (κ2) is 12.1. The van der Waals surface area contributed by atoms with Crippen LogP contribution in [0.2, 0.25) is 10.0 Å². The van der Waals surface area contributed by atoms with E-state index in [4.69, 9.17) is 23.2 Å². The Morgan fingerprint density at radius 2 is 2.11 bits per heavy atom. The van der Waals surface area contributed by atoms with Crippen LogP contribution in [-0.2, 0) is 24.2 Å². The van der Waals surface area contributed by atoms with Gasteiger partial charge in [0.1, 0.15) is 11.1 Å². The van der Waals surface area contributed by atoms with E-state index in [2.05, 4.69) is 33.5 Å². The number of amides is 2. The molecule has 0 bridgehead atoms. The van der Waals surface area contributed by atoms with E-state index < -0.39 is 6.04 Å². The molecule has 0 radical (unpaired) electrons. The molecule has 0 spiro atoms. The zero-order chi connectivity index (χ0) is 26.5. The van der Waals surface area contributed by atoms with Gasteiger partial charge >= 0.3 is 0 Å². The highest BCUT2D eigenvalue weighted by molar-refractivity contribution is 7.99. The third-order valence-corrected chi connectivity index (χ3v) is 8.56. The molecular weight excluding hydrogens is 551 g/mol. The van der Waals surface area contributed by atoms with Crippen molar-refractivity contribution in [1.82, 2.24) is 20.1 Å². The highest BCUT2D eigenvalue weighted by atomic mass is 35.5. The number of thiophene rings is 1. The van der Waals surface area contributed by atoms with Gasteiger partial charge in [-0.2, -0.15) is 5.26 Å². The maximum absolute atomic E-state index is 12.8. The first-order chi connectivity index (χ1) is 17.8. The predicted octanol–water partition coefficient (Wildman–Crippen LogP) is 5.80. The van der Waals surface area contributed by atoms with Crippen molar-refractivity contribution < 1.29 is 9.59 Å². The molecule has 2 N–H and O–H groups in total. The van der Waals surface area contributed by atoms with Gasteiger partial charge in [0.15, 0.2) is 11.0 Å². The number of aromatic nitrogens is 3. The van der Waals surface area contributed by atoms with Gasteiger partial charge in [-0.25, -0.2) is 0 Å². The van der Waals surface area contributed by atoms with Gasteiger partial charge in [-0.3, -0.25) is 9.59 Å². The molecule has 1 aliphatic carbocycles. The van der Waals surface area contributed by atoms with Crippen molar-refractivity contribution in [2.24, 2.45) is 0 Å². The van der Waals surface area contributed by atoms with Gasteiger partial charge in [0, 0.05) is 16.4 Å². The largest absolute Gasteiger partial charge is 0.342 e. The van der Waals surface area contributed by atoms with Crippen LogP contribution in [-0.4, -0.2) is 32.3 Å². The number of hydrogen-bond donors (Lipinski definition) is 2. The minimum atomic E-state index is -0.495. The lowest BCUT2D eigenvalue weighted by Gasteiger charge is -2.16. The van der Waals surface area contributed by atoms with Gasteiger partial charge in [-0.15, -0.1) is 28.1 Å². The number of nitriles is 1. The monoisotopic (exact) mass is 574 g/mol. The molecule has 192 valence electrons. The van der Waals surface area contributed by atoms with Crippen molar-refractivity contribution in [2.45, 2.75) is 50.4 Å². The highest BCUT2D eigenvalue weighted by Gasteiger charge is 2.24. The third-order valence-electron chi connectivity index (χ3n) is 5.84. The van der Waals surface area contributed by atoms with Crippen LogP contribution < -0.4 is 10.6 Å². The molecular formula is C25H24Cl2N6O2S2. The van der Waals surface area contributed by atoms with E-state index in [0.717, 1.165) is 31.2 Å². The Morgan fingerprint density at radius 3 is 2.84 bits per heavy atom. The molecule has 2 amide bonds. The topological polar surface area (TPSA) is 113 Å². The van der Waals surface area contributed by atoms with Crippen LogP contribution in [0.4, 0.5) is 5.00 Å². The molecule has 0 fully saturated rings. The number of aryl methyl sites for hydroxylation is 1. The molecule has 1 unspecified atom stereocenters. The van der Waals surface area contributed by atoms with Crippen LogP contribution in [0.3, 0.4) is 0 Å².